The van der Waals surface area contributed by atoms with E-state index in [0.29, 0.717) is 17.0 Å². The quantitative estimate of drug-likeness (QED) is 0.416. The van der Waals surface area contributed by atoms with Crippen molar-refractivity contribution in [3.05, 3.63) is 0 Å². The molecule has 5 nitrogen and oxygen atoms in total. The Morgan fingerprint density at radius 3 is 2.79 bits per heavy atom. The third kappa shape index (κ3) is 6.98. The predicted molar refractivity (Wildman–Crippen MR) is 79.5 cm³/mol. The number of nitrogens with zero attached hydrogens (tertiary/aromatic N) is 3. The van der Waals surface area contributed by atoms with E-state index in [-0.39, 0.29) is 5.24 Å². The molecule has 0 saturated heterocycles. The van der Waals surface area contributed by atoms with Gasteiger partial charge in [-0.3, -0.25) is 4.79 Å². The molecule has 0 atom stereocenters. The zero-order chi connectivity index (χ0) is 14.1. The van der Waals surface area contributed by atoms with E-state index in [0.717, 1.165) is 43.3 Å². The maximum Gasteiger partial charge on any atom is 0.293 e. The number of halogens is 1. The minimum absolute atomic E-state index is 0.0922. The number of ether oxygens (including phenoxy) is 1. The topological polar surface area (TPSA) is 55.3 Å². The van der Waals surface area contributed by atoms with Gasteiger partial charge in [-0.2, -0.15) is 9.36 Å². The van der Waals surface area contributed by atoms with Gasteiger partial charge in [0.1, 0.15) is 0 Å². The highest BCUT2D eigenvalue weighted by molar-refractivity contribution is 8.13. The van der Waals surface area contributed by atoms with Gasteiger partial charge in [0, 0.05) is 43.3 Å². The van der Waals surface area contributed by atoms with Crippen LogP contribution in [-0.4, -0.2) is 46.1 Å². The number of thioether (sulfide) groups is 1. The molecule has 19 heavy (non-hydrogen) atoms. The smallest absolute Gasteiger partial charge is 0.293 e. The molecule has 0 N–H and O–H groups in total. The largest absolute Gasteiger partial charge is 0.469 e. The fourth-order valence-corrected chi connectivity index (χ4v) is 2.61. The van der Waals surface area contributed by atoms with Crippen LogP contribution in [-0.2, 0) is 0 Å². The Hall–Kier alpha value is -0.530. The number of hydrogen-bond acceptors (Lipinski definition) is 6. The summed E-state index contributed by atoms with van der Waals surface area (Å²) >= 11 is 7.77. The highest BCUT2D eigenvalue weighted by Crippen LogP contribution is 2.23. The molecule has 0 aromatic carbocycles. The number of carbonyl (C=O) groups excluding carboxylic acids is 1. The predicted octanol–water partition coefficient (Wildman–Crippen LogP) is 3.49. The van der Waals surface area contributed by atoms with Crippen molar-refractivity contribution in [2.45, 2.75) is 30.8 Å². The van der Waals surface area contributed by atoms with Crippen LogP contribution >= 0.6 is 34.9 Å². The summed E-state index contributed by atoms with van der Waals surface area (Å²) in [6.07, 6.45) is 4.26. The second-order valence-electron chi connectivity index (χ2n) is 4.06. The second-order valence-corrected chi connectivity index (χ2v) is 6.07. The van der Waals surface area contributed by atoms with E-state index in [9.17, 15) is 4.79 Å². The molecular formula is C11H18ClN3O2S2. The van der Waals surface area contributed by atoms with Gasteiger partial charge < -0.3 is 9.64 Å². The molecule has 1 amide bonds. The SMILES string of the molecule is CN(C)C(=O)Sc1nsc(OCCCCCCCl)n1. The van der Waals surface area contributed by atoms with Crippen molar-refractivity contribution < 1.29 is 9.53 Å². The fraction of sp³-hybridized carbons (Fsp3) is 0.727. The molecule has 1 heterocycles. The minimum atomic E-state index is -0.0922. The molecule has 1 aromatic rings. The van der Waals surface area contributed by atoms with Gasteiger partial charge in [-0.1, -0.05) is 12.8 Å². The van der Waals surface area contributed by atoms with Crippen molar-refractivity contribution in [2.24, 2.45) is 0 Å². The van der Waals surface area contributed by atoms with Crippen molar-refractivity contribution in [1.82, 2.24) is 14.3 Å². The first-order valence-corrected chi connectivity index (χ1v) is 8.17. The Morgan fingerprint density at radius 1 is 1.37 bits per heavy atom. The summed E-state index contributed by atoms with van der Waals surface area (Å²) in [7, 11) is 3.39. The van der Waals surface area contributed by atoms with E-state index in [4.69, 9.17) is 16.3 Å². The van der Waals surface area contributed by atoms with Crippen LogP contribution in [0.25, 0.3) is 0 Å². The maximum absolute atomic E-state index is 11.4. The highest BCUT2D eigenvalue weighted by atomic mass is 35.5. The standard InChI is InChI=1S/C11H18ClN3O2S2/c1-15(2)11(16)18-9-13-10(19-14-9)17-8-6-4-3-5-7-12/h3-8H2,1-2H3. The van der Waals surface area contributed by atoms with Crippen LogP contribution in [0.2, 0.25) is 0 Å². The van der Waals surface area contributed by atoms with E-state index in [1.807, 2.05) is 0 Å². The third-order valence-corrected chi connectivity index (χ3v) is 4.10. The molecule has 0 unspecified atom stereocenters. The van der Waals surface area contributed by atoms with Crippen LogP contribution < -0.4 is 4.74 Å². The Bertz CT molecular complexity index is 388. The fourth-order valence-electron chi connectivity index (χ4n) is 1.18. The van der Waals surface area contributed by atoms with Gasteiger partial charge in [0.05, 0.1) is 6.61 Å². The van der Waals surface area contributed by atoms with Crippen molar-refractivity contribution in [3.63, 3.8) is 0 Å². The Morgan fingerprint density at radius 2 is 2.11 bits per heavy atom. The second kappa shape index (κ2) is 9.39. The molecule has 108 valence electrons. The molecule has 0 bridgehead atoms. The van der Waals surface area contributed by atoms with Crippen molar-refractivity contribution in [2.75, 3.05) is 26.6 Å². The minimum Gasteiger partial charge on any atom is -0.469 e. The lowest BCUT2D eigenvalue weighted by atomic mass is 10.2. The lowest BCUT2D eigenvalue weighted by molar-refractivity contribution is 0.241. The van der Waals surface area contributed by atoms with Crippen LogP contribution in [0.5, 0.6) is 5.19 Å². The van der Waals surface area contributed by atoms with Gasteiger partial charge in [-0.15, -0.1) is 11.6 Å². The lowest BCUT2D eigenvalue weighted by Gasteiger charge is -2.06. The molecule has 1 rings (SSSR count). The number of alkyl halides is 1. The number of carbonyl (C=O) groups is 1. The van der Waals surface area contributed by atoms with Crippen molar-refractivity contribution >= 4 is 40.1 Å². The third-order valence-electron chi connectivity index (χ3n) is 2.19. The molecule has 0 aliphatic heterocycles. The molecule has 0 saturated carbocycles. The summed E-state index contributed by atoms with van der Waals surface area (Å²) in [4.78, 5) is 17.1. The highest BCUT2D eigenvalue weighted by Gasteiger charge is 2.12. The molecule has 0 spiro atoms. The Labute approximate surface area is 126 Å². The normalized spacial score (nSPS) is 10.5. The molecule has 0 fully saturated rings. The zero-order valence-electron chi connectivity index (χ0n) is 11.1. The van der Waals surface area contributed by atoms with Crippen LogP contribution in [0.15, 0.2) is 5.16 Å². The van der Waals surface area contributed by atoms with E-state index < -0.39 is 0 Å². The number of unbranched alkanes of at least 4 members (excludes halogenated alkanes) is 3. The first kappa shape index (κ1) is 16.5. The Balaban J connectivity index is 2.21. The molecule has 0 radical (unpaired) electrons. The van der Waals surface area contributed by atoms with E-state index in [1.165, 1.54) is 16.4 Å². The zero-order valence-corrected chi connectivity index (χ0v) is 13.5. The van der Waals surface area contributed by atoms with Gasteiger partial charge in [-0.05, 0) is 12.8 Å². The van der Waals surface area contributed by atoms with E-state index in [2.05, 4.69) is 9.36 Å². The Kier molecular flexibility index (Phi) is 8.16. The van der Waals surface area contributed by atoms with Gasteiger partial charge in [0.2, 0.25) is 5.16 Å². The van der Waals surface area contributed by atoms with Gasteiger partial charge in [0.15, 0.2) is 0 Å². The van der Waals surface area contributed by atoms with Crippen LogP contribution in [0.1, 0.15) is 25.7 Å². The average molecular weight is 324 g/mol. The first-order chi connectivity index (χ1) is 9.13. The molecule has 0 aliphatic carbocycles. The molecule has 0 aliphatic rings. The maximum atomic E-state index is 11.4. The number of amides is 1. The number of aromatic nitrogens is 2. The van der Waals surface area contributed by atoms with Crippen LogP contribution in [0.3, 0.4) is 0 Å². The molecule has 1 aromatic heterocycles. The lowest BCUT2D eigenvalue weighted by Crippen LogP contribution is -2.16. The summed E-state index contributed by atoms with van der Waals surface area (Å²) in [5.41, 5.74) is 0. The summed E-state index contributed by atoms with van der Waals surface area (Å²) in [5, 5.41) is 0.873. The number of rotatable bonds is 8. The van der Waals surface area contributed by atoms with Crippen molar-refractivity contribution in [1.29, 1.82) is 0 Å². The van der Waals surface area contributed by atoms with Gasteiger partial charge >= 0.3 is 0 Å². The van der Waals surface area contributed by atoms with E-state index >= 15 is 0 Å². The first-order valence-electron chi connectivity index (χ1n) is 6.05. The van der Waals surface area contributed by atoms with Gasteiger partial charge in [0.25, 0.3) is 10.4 Å². The average Bonchev–Trinajstić information content (AvgIpc) is 2.81. The summed E-state index contributed by atoms with van der Waals surface area (Å²) in [6.45, 7) is 0.628. The van der Waals surface area contributed by atoms with E-state index in [1.54, 1.807) is 14.1 Å². The summed E-state index contributed by atoms with van der Waals surface area (Å²) in [5.74, 6) is 0.720. The molecular weight excluding hydrogens is 306 g/mol. The summed E-state index contributed by atoms with van der Waals surface area (Å²) in [6, 6.07) is 0. The summed E-state index contributed by atoms with van der Waals surface area (Å²) < 4.78 is 9.55. The van der Waals surface area contributed by atoms with Crippen LogP contribution in [0, 0.1) is 0 Å². The van der Waals surface area contributed by atoms with Gasteiger partial charge in [-0.25, -0.2) is 0 Å². The monoisotopic (exact) mass is 323 g/mol. The molecule has 8 heteroatoms. The van der Waals surface area contributed by atoms with Crippen LogP contribution in [0.4, 0.5) is 4.79 Å². The number of hydrogen-bond donors (Lipinski definition) is 0. The van der Waals surface area contributed by atoms with Crippen molar-refractivity contribution in [3.8, 4) is 5.19 Å².